The summed E-state index contributed by atoms with van der Waals surface area (Å²) in [5.74, 6) is 0.308. The lowest BCUT2D eigenvalue weighted by Gasteiger charge is -2.30. The second-order valence-corrected chi connectivity index (χ2v) is 5.10. The van der Waals surface area contributed by atoms with Crippen molar-refractivity contribution < 1.29 is 19.5 Å². The van der Waals surface area contributed by atoms with Crippen LogP contribution in [0.15, 0.2) is 10.6 Å². The van der Waals surface area contributed by atoms with Crippen LogP contribution >= 0.6 is 0 Å². The minimum Gasteiger partial charge on any atom is -0.476 e. The second-order valence-electron chi connectivity index (χ2n) is 5.10. The van der Waals surface area contributed by atoms with E-state index in [4.69, 9.17) is 9.63 Å². The molecule has 3 N–H and O–H groups in total. The van der Waals surface area contributed by atoms with Crippen molar-refractivity contribution in [2.24, 2.45) is 11.8 Å². The van der Waals surface area contributed by atoms with Crippen molar-refractivity contribution in [3.63, 3.8) is 0 Å². The predicted octanol–water partition coefficient (Wildman–Crippen LogP) is 1.26. The van der Waals surface area contributed by atoms with Gasteiger partial charge in [-0.1, -0.05) is 18.0 Å². The molecule has 0 aromatic carbocycles. The zero-order valence-electron chi connectivity index (χ0n) is 10.8. The van der Waals surface area contributed by atoms with Gasteiger partial charge in [-0.3, -0.25) is 0 Å². The van der Waals surface area contributed by atoms with Gasteiger partial charge in [-0.2, -0.15) is 0 Å². The molecule has 1 aliphatic carbocycles. The first-order valence-corrected chi connectivity index (χ1v) is 6.71. The van der Waals surface area contributed by atoms with Crippen LogP contribution in [0.5, 0.6) is 0 Å². The summed E-state index contributed by atoms with van der Waals surface area (Å²) in [6.45, 7) is 1.53. The van der Waals surface area contributed by atoms with Crippen molar-refractivity contribution in [2.75, 3.05) is 13.2 Å². The number of aromatic carboxylic acids is 1. The maximum Gasteiger partial charge on any atom is 0.358 e. The lowest BCUT2D eigenvalue weighted by molar-refractivity contribution is 0.0685. The standard InChI is InChI=1S/C13H20N2O4/c16-8-10-4-2-1-3-9(10)6-14-7-11-5-12(13(17)18)15-19-11/h5,9-10,14,16H,1-4,6-8H2,(H,17,18). The molecule has 6 heteroatoms. The summed E-state index contributed by atoms with van der Waals surface area (Å²) in [6.07, 6.45) is 4.64. The molecule has 1 aromatic rings. The zero-order valence-corrected chi connectivity index (χ0v) is 10.8. The number of hydrogen-bond donors (Lipinski definition) is 3. The average molecular weight is 268 g/mol. The van der Waals surface area contributed by atoms with E-state index in [9.17, 15) is 9.90 Å². The molecule has 1 aliphatic rings. The van der Waals surface area contributed by atoms with Crippen LogP contribution < -0.4 is 5.32 Å². The zero-order chi connectivity index (χ0) is 13.7. The highest BCUT2D eigenvalue weighted by atomic mass is 16.5. The molecular formula is C13H20N2O4. The SMILES string of the molecule is O=C(O)c1cc(CNCC2CCCCC2CO)on1. The van der Waals surface area contributed by atoms with Crippen LogP contribution in [-0.4, -0.2) is 34.5 Å². The van der Waals surface area contributed by atoms with Gasteiger partial charge in [0.15, 0.2) is 11.5 Å². The normalized spacial score (nSPS) is 23.4. The van der Waals surface area contributed by atoms with Gasteiger partial charge in [0, 0.05) is 12.7 Å². The Balaban J connectivity index is 1.77. The first-order chi connectivity index (χ1) is 9.20. The minimum absolute atomic E-state index is 0.0669. The molecule has 0 saturated heterocycles. The highest BCUT2D eigenvalue weighted by Crippen LogP contribution is 2.29. The molecule has 106 valence electrons. The summed E-state index contributed by atoms with van der Waals surface area (Å²) in [4.78, 5) is 10.6. The van der Waals surface area contributed by atoms with Crippen LogP contribution in [0.1, 0.15) is 41.9 Å². The fourth-order valence-corrected chi connectivity index (χ4v) is 2.67. The van der Waals surface area contributed by atoms with Crippen molar-refractivity contribution in [2.45, 2.75) is 32.2 Å². The van der Waals surface area contributed by atoms with Gasteiger partial charge in [-0.15, -0.1) is 0 Å². The number of aliphatic hydroxyl groups excluding tert-OH is 1. The third kappa shape index (κ3) is 3.78. The van der Waals surface area contributed by atoms with E-state index in [-0.39, 0.29) is 12.3 Å². The summed E-state index contributed by atoms with van der Waals surface area (Å²) < 4.78 is 4.93. The first-order valence-electron chi connectivity index (χ1n) is 6.71. The summed E-state index contributed by atoms with van der Waals surface area (Å²) in [6, 6.07) is 1.43. The fraction of sp³-hybridized carbons (Fsp3) is 0.692. The molecule has 0 bridgehead atoms. The summed E-state index contributed by atoms with van der Waals surface area (Å²) in [7, 11) is 0. The van der Waals surface area contributed by atoms with E-state index in [1.54, 1.807) is 0 Å². The van der Waals surface area contributed by atoms with Gasteiger partial charge < -0.3 is 20.1 Å². The highest BCUT2D eigenvalue weighted by Gasteiger charge is 2.24. The Bertz CT molecular complexity index is 419. The number of rotatable bonds is 6. The van der Waals surface area contributed by atoms with E-state index in [0.717, 1.165) is 19.4 Å². The third-order valence-corrected chi connectivity index (χ3v) is 3.78. The number of nitrogens with one attached hydrogen (secondary N) is 1. The van der Waals surface area contributed by atoms with Gasteiger partial charge in [0.05, 0.1) is 6.54 Å². The quantitative estimate of drug-likeness (QED) is 0.719. The molecule has 1 heterocycles. The Morgan fingerprint density at radius 3 is 2.79 bits per heavy atom. The molecule has 2 rings (SSSR count). The lowest BCUT2D eigenvalue weighted by Crippen LogP contribution is -2.32. The largest absolute Gasteiger partial charge is 0.476 e. The van der Waals surface area contributed by atoms with Crippen molar-refractivity contribution in [1.82, 2.24) is 10.5 Å². The van der Waals surface area contributed by atoms with E-state index < -0.39 is 5.97 Å². The smallest absolute Gasteiger partial charge is 0.358 e. The molecule has 1 fully saturated rings. The van der Waals surface area contributed by atoms with Gasteiger partial charge >= 0.3 is 5.97 Å². The monoisotopic (exact) mass is 268 g/mol. The number of nitrogens with zero attached hydrogens (tertiary/aromatic N) is 1. The molecule has 0 radical (unpaired) electrons. The molecule has 0 spiro atoms. The lowest BCUT2D eigenvalue weighted by atomic mass is 9.79. The van der Waals surface area contributed by atoms with Gasteiger partial charge in [-0.05, 0) is 31.2 Å². The van der Waals surface area contributed by atoms with E-state index in [1.165, 1.54) is 18.9 Å². The topological polar surface area (TPSA) is 95.6 Å². The molecule has 0 aliphatic heterocycles. The molecular weight excluding hydrogens is 248 g/mol. The summed E-state index contributed by atoms with van der Waals surface area (Å²) in [5, 5.41) is 24.8. The van der Waals surface area contributed by atoms with Crippen LogP contribution in [0.3, 0.4) is 0 Å². The van der Waals surface area contributed by atoms with Crippen LogP contribution in [0.4, 0.5) is 0 Å². The number of aliphatic hydroxyl groups is 1. The Morgan fingerprint density at radius 2 is 2.16 bits per heavy atom. The van der Waals surface area contributed by atoms with E-state index in [1.807, 2.05) is 0 Å². The van der Waals surface area contributed by atoms with Crippen LogP contribution in [-0.2, 0) is 6.54 Å². The van der Waals surface area contributed by atoms with Crippen molar-refractivity contribution >= 4 is 5.97 Å². The summed E-state index contributed by atoms with van der Waals surface area (Å²) in [5.41, 5.74) is -0.0669. The van der Waals surface area contributed by atoms with Gasteiger partial charge in [0.25, 0.3) is 0 Å². The van der Waals surface area contributed by atoms with Crippen molar-refractivity contribution in [1.29, 1.82) is 0 Å². The van der Waals surface area contributed by atoms with Gasteiger partial charge in [-0.25, -0.2) is 4.79 Å². The highest BCUT2D eigenvalue weighted by molar-refractivity contribution is 5.85. The van der Waals surface area contributed by atoms with Crippen LogP contribution in [0, 0.1) is 11.8 Å². The second kappa shape index (κ2) is 6.68. The van der Waals surface area contributed by atoms with Crippen molar-refractivity contribution in [3.8, 4) is 0 Å². The molecule has 0 amide bonds. The summed E-state index contributed by atoms with van der Waals surface area (Å²) >= 11 is 0. The van der Waals surface area contributed by atoms with E-state index >= 15 is 0 Å². The fourth-order valence-electron chi connectivity index (χ4n) is 2.67. The Labute approximate surface area is 111 Å². The minimum atomic E-state index is -1.08. The molecule has 2 atom stereocenters. The van der Waals surface area contributed by atoms with E-state index in [2.05, 4.69) is 10.5 Å². The van der Waals surface area contributed by atoms with E-state index in [0.29, 0.717) is 24.1 Å². The number of carboxylic acids is 1. The maximum atomic E-state index is 10.6. The predicted molar refractivity (Wildman–Crippen MR) is 67.7 cm³/mol. The Kier molecular flexibility index (Phi) is 4.93. The number of aromatic nitrogens is 1. The molecule has 2 unspecified atom stereocenters. The Hall–Kier alpha value is -1.40. The van der Waals surface area contributed by atoms with Crippen LogP contribution in [0.25, 0.3) is 0 Å². The first kappa shape index (κ1) is 14.0. The number of carboxylic acid groups (broad SMARTS) is 1. The number of hydrogen-bond acceptors (Lipinski definition) is 5. The van der Waals surface area contributed by atoms with Gasteiger partial charge in [0.1, 0.15) is 0 Å². The molecule has 19 heavy (non-hydrogen) atoms. The van der Waals surface area contributed by atoms with Gasteiger partial charge in [0.2, 0.25) is 0 Å². The maximum absolute atomic E-state index is 10.6. The molecule has 1 aromatic heterocycles. The number of carbonyl (C=O) groups is 1. The third-order valence-electron chi connectivity index (χ3n) is 3.78. The molecule has 6 nitrogen and oxygen atoms in total. The Morgan fingerprint density at radius 1 is 1.42 bits per heavy atom. The average Bonchev–Trinajstić information content (AvgIpc) is 2.88. The van der Waals surface area contributed by atoms with Crippen LogP contribution in [0.2, 0.25) is 0 Å². The van der Waals surface area contributed by atoms with Crippen molar-refractivity contribution in [3.05, 3.63) is 17.5 Å². The molecule has 1 saturated carbocycles.